The van der Waals surface area contributed by atoms with Crippen LogP contribution in [0.3, 0.4) is 0 Å². The van der Waals surface area contributed by atoms with Crippen molar-refractivity contribution in [2.24, 2.45) is 5.73 Å². The Labute approximate surface area is 132 Å². The summed E-state index contributed by atoms with van der Waals surface area (Å²) in [6.45, 7) is 0.584. The minimum absolute atomic E-state index is 0.267. The van der Waals surface area contributed by atoms with Crippen molar-refractivity contribution in [1.29, 1.82) is 0 Å². The largest absolute Gasteiger partial charge is 0.399 e. The minimum Gasteiger partial charge on any atom is -0.399 e. The van der Waals surface area contributed by atoms with Gasteiger partial charge in [-0.2, -0.15) is 0 Å². The molecular weight excluding hydrogens is 311 g/mol. The van der Waals surface area contributed by atoms with Gasteiger partial charge in [-0.15, -0.1) is 0 Å². The Hall–Kier alpha value is -1.88. The number of rotatable bonds is 3. The van der Waals surface area contributed by atoms with E-state index in [1.54, 1.807) is 6.07 Å². The van der Waals surface area contributed by atoms with E-state index in [4.69, 9.17) is 34.7 Å². The van der Waals surface area contributed by atoms with Crippen molar-refractivity contribution in [2.75, 3.05) is 5.73 Å². The van der Waals surface area contributed by atoms with Crippen LogP contribution in [-0.2, 0) is 6.54 Å². The van der Waals surface area contributed by atoms with Gasteiger partial charge in [-0.25, -0.2) is 0 Å². The molecule has 0 unspecified atom stereocenters. The summed E-state index contributed by atoms with van der Waals surface area (Å²) in [6.07, 6.45) is 0. The van der Waals surface area contributed by atoms with Crippen molar-refractivity contribution in [3.63, 3.8) is 0 Å². The number of benzene rings is 2. The molecule has 4 nitrogen and oxygen atoms in total. The molecule has 0 spiro atoms. The Morgan fingerprint density at radius 1 is 0.905 bits per heavy atom. The summed E-state index contributed by atoms with van der Waals surface area (Å²) in [5, 5.41) is -1.20. The number of carbonyl (C=O) groups is 2. The second kappa shape index (κ2) is 8.42. The maximum atomic E-state index is 10.6. The molecule has 0 bridgehead atoms. The lowest BCUT2D eigenvalue weighted by molar-refractivity contribution is 0.108. The normalized spacial score (nSPS) is 9.48. The van der Waals surface area contributed by atoms with Gasteiger partial charge in [0.05, 0.1) is 0 Å². The van der Waals surface area contributed by atoms with E-state index in [2.05, 4.69) is 0 Å². The Morgan fingerprint density at radius 3 is 1.76 bits per heavy atom. The molecule has 0 atom stereocenters. The number of halogens is 2. The molecule has 0 radical (unpaired) electrons. The predicted octanol–water partition coefficient (Wildman–Crippen LogP) is 3.17. The highest BCUT2D eigenvalue weighted by Gasteiger charge is 2.05. The molecule has 110 valence electrons. The standard InChI is InChI=1S/C8H4Cl2O2.C7H10N2/c9-7(11)5-2-1-3-6(4-5)8(10)12;8-5-6-1-3-7(9)4-2-6/h1-4H;1-4H,5,8-9H2. The second-order valence-electron chi connectivity index (χ2n) is 4.07. The SMILES string of the molecule is NCc1ccc(N)cc1.O=C(Cl)c1cccc(C(=O)Cl)c1. The Bertz CT molecular complexity index is 599. The quantitative estimate of drug-likeness (QED) is 0.670. The summed E-state index contributed by atoms with van der Waals surface area (Å²) < 4.78 is 0. The number of nitrogens with two attached hydrogens (primary N) is 2. The van der Waals surface area contributed by atoms with Crippen molar-refractivity contribution in [3.8, 4) is 0 Å². The van der Waals surface area contributed by atoms with Crippen LogP contribution in [0.2, 0.25) is 0 Å². The molecule has 0 saturated heterocycles. The maximum Gasteiger partial charge on any atom is 0.252 e. The first-order valence-electron chi connectivity index (χ1n) is 5.98. The monoisotopic (exact) mass is 324 g/mol. The molecule has 0 aliphatic carbocycles. The van der Waals surface area contributed by atoms with Crippen LogP contribution in [0, 0.1) is 0 Å². The highest BCUT2D eigenvalue weighted by Crippen LogP contribution is 2.09. The molecule has 0 aromatic heterocycles. The number of carbonyl (C=O) groups excluding carboxylic acids is 2. The van der Waals surface area contributed by atoms with E-state index in [1.165, 1.54) is 18.2 Å². The van der Waals surface area contributed by atoms with Gasteiger partial charge in [0, 0.05) is 23.4 Å². The van der Waals surface area contributed by atoms with E-state index in [-0.39, 0.29) is 11.1 Å². The molecule has 0 aliphatic rings. The zero-order chi connectivity index (χ0) is 15.8. The van der Waals surface area contributed by atoms with Crippen LogP contribution in [-0.4, -0.2) is 10.5 Å². The molecule has 0 fully saturated rings. The maximum absolute atomic E-state index is 10.6. The number of nitrogen functional groups attached to an aromatic ring is 1. The second-order valence-corrected chi connectivity index (χ2v) is 4.76. The summed E-state index contributed by atoms with van der Waals surface area (Å²) >= 11 is 10.4. The Balaban J connectivity index is 0.000000219. The lowest BCUT2D eigenvalue weighted by atomic mass is 10.1. The van der Waals surface area contributed by atoms with E-state index in [9.17, 15) is 9.59 Å². The van der Waals surface area contributed by atoms with Gasteiger partial charge in [0.25, 0.3) is 10.5 Å². The Kier molecular flexibility index (Phi) is 6.88. The van der Waals surface area contributed by atoms with E-state index in [1.807, 2.05) is 24.3 Å². The average Bonchev–Trinajstić information content (AvgIpc) is 2.49. The van der Waals surface area contributed by atoms with Crippen molar-refractivity contribution in [1.82, 2.24) is 0 Å². The molecular formula is C15H14Cl2N2O2. The van der Waals surface area contributed by atoms with Gasteiger partial charge in [-0.1, -0.05) is 30.3 Å². The molecule has 2 rings (SSSR count). The van der Waals surface area contributed by atoms with E-state index < -0.39 is 10.5 Å². The Morgan fingerprint density at radius 2 is 1.38 bits per heavy atom. The van der Waals surface area contributed by atoms with E-state index >= 15 is 0 Å². The molecule has 2 aromatic carbocycles. The summed E-state index contributed by atoms with van der Waals surface area (Å²) in [6, 6.07) is 13.5. The molecule has 4 N–H and O–H groups in total. The summed E-state index contributed by atoms with van der Waals surface area (Å²) in [5.41, 5.74) is 13.2. The van der Waals surface area contributed by atoms with Gasteiger partial charge in [0.2, 0.25) is 0 Å². The molecule has 0 amide bonds. The summed E-state index contributed by atoms with van der Waals surface area (Å²) in [4.78, 5) is 21.3. The summed E-state index contributed by atoms with van der Waals surface area (Å²) in [7, 11) is 0. The van der Waals surface area contributed by atoms with Crippen LogP contribution in [0.1, 0.15) is 26.3 Å². The van der Waals surface area contributed by atoms with Gasteiger partial charge in [-0.3, -0.25) is 9.59 Å². The smallest absolute Gasteiger partial charge is 0.252 e. The van der Waals surface area contributed by atoms with Crippen molar-refractivity contribution >= 4 is 39.4 Å². The lowest BCUT2D eigenvalue weighted by Crippen LogP contribution is -1.95. The first-order valence-corrected chi connectivity index (χ1v) is 6.74. The number of anilines is 1. The first-order chi connectivity index (χ1) is 9.93. The van der Waals surface area contributed by atoms with Crippen LogP contribution in [0.15, 0.2) is 48.5 Å². The third kappa shape index (κ3) is 5.95. The molecule has 2 aromatic rings. The van der Waals surface area contributed by atoms with E-state index in [0.29, 0.717) is 6.54 Å². The molecule has 0 aliphatic heterocycles. The molecule has 0 saturated carbocycles. The van der Waals surface area contributed by atoms with Crippen LogP contribution in [0.5, 0.6) is 0 Å². The highest BCUT2D eigenvalue weighted by molar-refractivity contribution is 6.69. The van der Waals surface area contributed by atoms with Crippen LogP contribution in [0.4, 0.5) is 5.69 Å². The van der Waals surface area contributed by atoms with Gasteiger partial charge < -0.3 is 11.5 Å². The van der Waals surface area contributed by atoms with Crippen LogP contribution >= 0.6 is 23.2 Å². The highest BCUT2D eigenvalue weighted by atomic mass is 35.5. The summed E-state index contributed by atoms with van der Waals surface area (Å²) in [5.74, 6) is 0. The fourth-order valence-corrected chi connectivity index (χ4v) is 1.65. The van der Waals surface area contributed by atoms with E-state index in [0.717, 1.165) is 11.3 Å². The van der Waals surface area contributed by atoms with Gasteiger partial charge in [-0.05, 0) is 47.0 Å². The van der Waals surface area contributed by atoms with Crippen molar-refractivity contribution in [3.05, 3.63) is 65.2 Å². The minimum atomic E-state index is -0.602. The third-order valence-corrected chi connectivity index (χ3v) is 2.97. The number of hydrogen-bond acceptors (Lipinski definition) is 4. The zero-order valence-electron chi connectivity index (χ0n) is 11.1. The molecule has 21 heavy (non-hydrogen) atoms. The van der Waals surface area contributed by atoms with Crippen molar-refractivity contribution in [2.45, 2.75) is 6.54 Å². The zero-order valence-corrected chi connectivity index (χ0v) is 12.6. The van der Waals surface area contributed by atoms with Crippen LogP contribution < -0.4 is 11.5 Å². The topological polar surface area (TPSA) is 86.2 Å². The molecule has 0 heterocycles. The fourth-order valence-electron chi connectivity index (χ4n) is 1.42. The van der Waals surface area contributed by atoms with Crippen LogP contribution in [0.25, 0.3) is 0 Å². The third-order valence-electron chi connectivity index (χ3n) is 2.53. The average molecular weight is 325 g/mol. The first kappa shape index (κ1) is 17.2. The van der Waals surface area contributed by atoms with Crippen molar-refractivity contribution < 1.29 is 9.59 Å². The number of hydrogen-bond donors (Lipinski definition) is 2. The fraction of sp³-hybridized carbons (Fsp3) is 0.0667. The van der Waals surface area contributed by atoms with Gasteiger partial charge in [0.15, 0.2) is 0 Å². The predicted molar refractivity (Wildman–Crippen MR) is 85.6 cm³/mol. The molecule has 6 heteroatoms. The van der Waals surface area contributed by atoms with Gasteiger partial charge >= 0.3 is 0 Å². The van der Waals surface area contributed by atoms with Gasteiger partial charge in [0.1, 0.15) is 0 Å². The lowest BCUT2D eigenvalue weighted by Gasteiger charge is -1.95.